The Balaban J connectivity index is 1.02. The molecule has 0 N–H and O–H groups in total. The Hall–Kier alpha value is -6.70. The third-order valence-electron chi connectivity index (χ3n) is 16.2. The summed E-state index contributed by atoms with van der Waals surface area (Å²) in [5.41, 5.74) is 18.1. The molecule has 310 valence electrons. The van der Waals surface area contributed by atoms with E-state index in [0.717, 1.165) is 34.8 Å². The predicted octanol–water partition coefficient (Wildman–Crippen LogP) is 17.2. The summed E-state index contributed by atoms with van der Waals surface area (Å²) in [6.45, 7) is 4.78. The maximum atomic E-state index is 2.56. The molecule has 5 aliphatic rings. The Morgan fingerprint density at radius 1 is 0.391 bits per heavy atom. The monoisotopic (exact) mass is 823 g/mol. The van der Waals surface area contributed by atoms with Crippen LogP contribution in [-0.4, -0.2) is 0 Å². The molecule has 0 saturated heterocycles. The molecule has 5 aliphatic carbocycles. The van der Waals surface area contributed by atoms with E-state index in [2.05, 4.69) is 213 Å². The molecule has 14 rings (SSSR count). The van der Waals surface area contributed by atoms with Gasteiger partial charge in [0.25, 0.3) is 0 Å². The van der Waals surface area contributed by atoms with Gasteiger partial charge in [0.1, 0.15) is 0 Å². The largest absolute Gasteiger partial charge is 0.309 e. The smallest absolute Gasteiger partial charge is 0.0540 e. The molecule has 64 heavy (non-hydrogen) atoms. The first kappa shape index (κ1) is 37.8. The highest BCUT2D eigenvalue weighted by molar-refractivity contribution is 6.03. The van der Waals surface area contributed by atoms with Crippen LogP contribution in [0.15, 0.2) is 194 Å². The number of anilines is 3. The van der Waals surface area contributed by atoms with Crippen LogP contribution in [0.3, 0.4) is 0 Å². The van der Waals surface area contributed by atoms with Crippen LogP contribution in [0.1, 0.15) is 69.1 Å². The first-order valence-corrected chi connectivity index (χ1v) is 23.7. The van der Waals surface area contributed by atoms with Crippen molar-refractivity contribution < 1.29 is 0 Å². The standard InChI is InChI=1S/C63H53N/c1-62(2)58-20-9-7-17-54(58)55-30-29-51(37-59(55)62)64(60-21-10-8-18-56(60)53-19-11-15-46-13-5-6-16-52(46)53)61-31-26-48(36-57(61)49-23-22-44-12-3-4-14-47(44)35-49)45-24-27-50(28-25-45)63-38-41-32-42(39-63)34-43(33-41)40-63/h3-31,35-37,41-43H,32-34,38-40H2,1-2H3. The Morgan fingerprint density at radius 3 is 1.78 bits per heavy atom. The number of hydrogen-bond donors (Lipinski definition) is 0. The summed E-state index contributed by atoms with van der Waals surface area (Å²) in [5, 5.41) is 5.00. The molecular formula is C63H53N. The first-order valence-electron chi connectivity index (χ1n) is 23.7. The van der Waals surface area contributed by atoms with E-state index in [4.69, 9.17) is 0 Å². The molecule has 9 aromatic carbocycles. The molecule has 0 amide bonds. The molecule has 0 aliphatic heterocycles. The summed E-state index contributed by atoms with van der Waals surface area (Å²) in [6, 6.07) is 73.7. The molecule has 0 radical (unpaired) electrons. The second-order valence-corrected chi connectivity index (χ2v) is 20.3. The second kappa shape index (κ2) is 14.4. The Kier molecular flexibility index (Phi) is 8.52. The Labute approximate surface area is 378 Å². The number of fused-ring (bicyclic) bond motifs is 5. The zero-order valence-corrected chi connectivity index (χ0v) is 36.9. The molecule has 4 fully saturated rings. The zero-order valence-electron chi connectivity index (χ0n) is 36.9. The van der Waals surface area contributed by atoms with E-state index >= 15 is 0 Å². The number of rotatable bonds is 7. The zero-order chi connectivity index (χ0) is 42.6. The molecule has 0 atom stereocenters. The SMILES string of the molecule is CC1(C)c2ccccc2-c2ccc(N(c3ccc(-c4ccc(C56CC7CC(CC(C7)C5)C6)cc4)cc3-c3ccc4ccccc4c3)c3ccccc3-c3cccc4ccccc34)cc21. The topological polar surface area (TPSA) is 3.24 Å². The van der Waals surface area contributed by atoms with Crippen LogP contribution in [0, 0.1) is 17.8 Å². The summed E-state index contributed by atoms with van der Waals surface area (Å²) in [6.07, 6.45) is 8.59. The third-order valence-corrected chi connectivity index (χ3v) is 16.2. The average Bonchev–Trinajstić information content (AvgIpc) is 3.56. The van der Waals surface area contributed by atoms with Crippen molar-refractivity contribution in [3.63, 3.8) is 0 Å². The molecule has 0 aromatic heterocycles. The van der Waals surface area contributed by atoms with Gasteiger partial charge in [-0.1, -0.05) is 172 Å². The number of hydrogen-bond acceptors (Lipinski definition) is 1. The van der Waals surface area contributed by atoms with E-state index in [1.807, 2.05) is 0 Å². The van der Waals surface area contributed by atoms with Crippen molar-refractivity contribution in [1.82, 2.24) is 0 Å². The van der Waals surface area contributed by atoms with Gasteiger partial charge >= 0.3 is 0 Å². The fraction of sp³-hybridized carbons (Fsp3) is 0.206. The summed E-state index contributed by atoms with van der Waals surface area (Å²) < 4.78 is 0. The molecule has 0 spiro atoms. The molecule has 1 nitrogen and oxygen atoms in total. The minimum Gasteiger partial charge on any atom is -0.309 e. The molecule has 0 heterocycles. The van der Waals surface area contributed by atoms with Crippen LogP contribution in [0.25, 0.3) is 66.1 Å². The lowest BCUT2D eigenvalue weighted by Gasteiger charge is -2.57. The van der Waals surface area contributed by atoms with Crippen LogP contribution in [0.5, 0.6) is 0 Å². The molecule has 4 bridgehead atoms. The van der Waals surface area contributed by atoms with Crippen LogP contribution in [-0.2, 0) is 10.8 Å². The van der Waals surface area contributed by atoms with Crippen LogP contribution >= 0.6 is 0 Å². The van der Waals surface area contributed by atoms with Crippen molar-refractivity contribution in [2.24, 2.45) is 17.8 Å². The van der Waals surface area contributed by atoms with Crippen molar-refractivity contribution >= 4 is 38.6 Å². The Bertz CT molecular complexity index is 3250. The van der Waals surface area contributed by atoms with Gasteiger partial charge in [-0.3, -0.25) is 0 Å². The minimum atomic E-state index is -0.143. The van der Waals surface area contributed by atoms with Crippen LogP contribution in [0.4, 0.5) is 17.1 Å². The quantitative estimate of drug-likeness (QED) is 0.155. The number of para-hydroxylation sites is 1. The van der Waals surface area contributed by atoms with Crippen molar-refractivity contribution in [3.05, 3.63) is 211 Å². The van der Waals surface area contributed by atoms with Gasteiger partial charge in [-0.05, 0) is 170 Å². The van der Waals surface area contributed by atoms with Gasteiger partial charge in [-0.25, -0.2) is 0 Å². The third kappa shape index (κ3) is 5.97. The van der Waals surface area contributed by atoms with Crippen molar-refractivity contribution in [2.45, 2.75) is 63.2 Å². The lowest BCUT2D eigenvalue weighted by molar-refractivity contribution is -0.00518. The maximum absolute atomic E-state index is 2.56. The van der Waals surface area contributed by atoms with Crippen molar-refractivity contribution in [1.29, 1.82) is 0 Å². The predicted molar refractivity (Wildman–Crippen MR) is 270 cm³/mol. The summed E-state index contributed by atoms with van der Waals surface area (Å²) in [7, 11) is 0. The maximum Gasteiger partial charge on any atom is 0.0540 e. The fourth-order valence-electron chi connectivity index (χ4n) is 13.6. The molecule has 0 unspecified atom stereocenters. The fourth-order valence-corrected chi connectivity index (χ4v) is 13.6. The van der Waals surface area contributed by atoms with Gasteiger partial charge in [-0.2, -0.15) is 0 Å². The lowest BCUT2D eigenvalue weighted by Crippen LogP contribution is -2.48. The number of nitrogens with zero attached hydrogens (tertiary/aromatic N) is 1. The molecular weight excluding hydrogens is 771 g/mol. The van der Waals surface area contributed by atoms with Gasteiger partial charge in [-0.15, -0.1) is 0 Å². The second-order valence-electron chi connectivity index (χ2n) is 20.3. The Morgan fingerprint density at radius 2 is 0.984 bits per heavy atom. The highest BCUT2D eigenvalue weighted by Crippen LogP contribution is 2.61. The molecule has 4 saturated carbocycles. The van der Waals surface area contributed by atoms with E-state index in [-0.39, 0.29) is 5.41 Å². The van der Waals surface area contributed by atoms with Gasteiger partial charge in [0.2, 0.25) is 0 Å². The van der Waals surface area contributed by atoms with E-state index in [1.165, 1.54) is 116 Å². The first-order chi connectivity index (χ1) is 31.4. The average molecular weight is 824 g/mol. The normalized spacial score (nSPS) is 21.2. The summed E-state index contributed by atoms with van der Waals surface area (Å²) in [4.78, 5) is 2.56. The number of benzene rings is 9. The van der Waals surface area contributed by atoms with Gasteiger partial charge in [0.05, 0.1) is 11.4 Å². The van der Waals surface area contributed by atoms with E-state index in [0.29, 0.717) is 5.41 Å². The highest BCUT2D eigenvalue weighted by atomic mass is 15.1. The van der Waals surface area contributed by atoms with Crippen LogP contribution < -0.4 is 4.90 Å². The van der Waals surface area contributed by atoms with Crippen molar-refractivity contribution in [2.75, 3.05) is 4.90 Å². The van der Waals surface area contributed by atoms with E-state index in [1.54, 1.807) is 5.56 Å². The van der Waals surface area contributed by atoms with Crippen LogP contribution in [0.2, 0.25) is 0 Å². The van der Waals surface area contributed by atoms with Gasteiger partial charge in [0, 0.05) is 22.2 Å². The van der Waals surface area contributed by atoms with E-state index < -0.39 is 0 Å². The minimum absolute atomic E-state index is 0.143. The molecule has 1 heteroatoms. The molecule has 9 aromatic rings. The van der Waals surface area contributed by atoms with E-state index in [9.17, 15) is 0 Å². The lowest BCUT2D eigenvalue weighted by atomic mass is 9.48. The van der Waals surface area contributed by atoms with Gasteiger partial charge < -0.3 is 4.90 Å². The highest BCUT2D eigenvalue weighted by Gasteiger charge is 2.51. The summed E-state index contributed by atoms with van der Waals surface area (Å²) in [5.74, 6) is 2.80. The van der Waals surface area contributed by atoms with Crippen molar-refractivity contribution in [3.8, 4) is 44.5 Å². The summed E-state index contributed by atoms with van der Waals surface area (Å²) >= 11 is 0. The van der Waals surface area contributed by atoms with Gasteiger partial charge in [0.15, 0.2) is 0 Å².